The van der Waals surface area contributed by atoms with Crippen LogP contribution in [-0.2, 0) is 14.3 Å². The van der Waals surface area contributed by atoms with Crippen LogP contribution in [0.4, 0.5) is 5.13 Å². The second-order valence-electron chi connectivity index (χ2n) is 5.45. The van der Waals surface area contributed by atoms with Gasteiger partial charge in [-0.1, -0.05) is 13.8 Å². The first-order valence-electron chi connectivity index (χ1n) is 7.82. The van der Waals surface area contributed by atoms with Crippen molar-refractivity contribution in [3.8, 4) is 0 Å². The van der Waals surface area contributed by atoms with Crippen molar-refractivity contribution in [2.45, 2.75) is 27.2 Å². The van der Waals surface area contributed by atoms with E-state index in [9.17, 15) is 14.4 Å². The number of nitrogens with zero attached hydrogens (tertiary/aromatic N) is 1. The van der Waals surface area contributed by atoms with Crippen LogP contribution in [0.15, 0.2) is 5.38 Å². The maximum Gasteiger partial charge on any atom is 0.358 e. The highest BCUT2D eigenvalue weighted by atomic mass is 32.1. The molecule has 8 nitrogen and oxygen atoms in total. The standard InChI is InChI=1S/C15H24N4O4S/c1-4-16-12(20)7-18-13(21)8-23-14(22)11-9-24-15(19-11)17-6-5-10(2)3/h9-10H,4-8H2,1-3H3,(H,16,20)(H,17,19)(H,18,21). The molecule has 0 saturated carbocycles. The molecule has 1 heterocycles. The number of carbonyl (C=O) groups excluding carboxylic acids is 3. The molecule has 1 rings (SSSR count). The smallest absolute Gasteiger partial charge is 0.358 e. The molecular formula is C15H24N4O4S. The fourth-order valence-electron chi connectivity index (χ4n) is 1.61. The fraction of sp³-hybridized carbons (Fsp3) is 0.600. The second kappa shape index (κ2) is 10.6. The molecule has 1 aromatic heterocycles. The molecule has 0 unspecified atom stereocenters. The van der Waals surface area contributed by atoms with Crippen molar-refractivity contribution < 1.29 is 19.1 Å². The number of rotatable bonds is 10. The lowest BCUT2D eigenvalue weighted by Gasteiger charge is -2.06. The van der Waals surface area contributed by atoms with Crippen molar-refractivity contribution in [2.75, 3.05) is 31.6 Å². The molecule has 0 spiro atoms. The highest BCUT2D eigenvalue weighted by molar-refractivity contribution is 7.13. The third-order valence-electron chi connectivity index (χ3n) is 2.87. The summed E-state index contributed by atoms with van der Waals surface area (Å²) >= 11 is 1.31. The Morgan fingerprint density at radius 1 is 1.25 bits per heavy atom. The Bertz CT molecular complexity index is 559. The number of hydrogen-bond acceptors (Lipinski definition) is 7. The quantitative estimate of drug-likeness (QED) is 0.540. The van der Waals surface area contributed by atoms with Gasteiger partial charge in [0, 0.05) is 18.5 Å². The van der Waals surface area contributed by atoms with Crippen LogP contribution in [0.2, 0.25) is 0 Å². The summed E-state index contributed by atoms with van der Waals surface area (Å²) in [7, 11) is 0. The van der Waals surface area contributed by atoms with Crippen molar-refractivity contribution >= 4 is 34.3 Å². The van der Waals surface area contributed by atoms with Crippen molar-refractivity contribution in [1.29, 1.82) is 0 Å². The average Bonchev–Trinajstić information content (AvgIpc) is 2.99. The van der Waals surface area contributed by atoms with E-state index in [1.165, 1.54) is 11.3 Å². The Morgan fingerprint density at radius 3 is 2.67 bits per heavy atom. The predicted molar refractivity (Wildman–Crippen MR) is 92.0 cm³/mol. The first kappa shape index (κ1) is 19.9. The zero-order chi connectivity index (χ0) is 17.9. The van der Waals surface area contributed by atoms with Crippen LogP contribution in [0.25, 0.3) is 0 Å². The molecule has 3 N–H and O–H groups in total. The summed E-state index contributed by atoms with van der Waals surface area (Å²) in [5.41, 5.74) is 0.156. The van der Waals surface area contributed by atoms with Gasteiger partial charge in [0.15, 0.2) is 17.4 Å². The lowest BCUT2D eigenvalue weighted by molar-refractivity contribution is -0.127. The Kier molecular flexibility index (Phi) is 8.77. The molecule has 2 amide bonds. The van der Waals surface area contributed by atoms with Gasteiger partial charge in [-0.2, -0.15) is 0 Å². The average molecular weight is 356 g/mol. The SMILES string of the molecule is CCNC(=O)CNC(=O)COC(=O)c1csc(NCCC(C)C)n1. The van der Waals surface area contributed by atoms with Gasteiger partial charge in [-0.15, -0.1) is 11.3 Å². The normalized spacial score (nSPS) is 10.3. The maximum atomic E-state index is 11.8. The minimum absolute atomic E-state index is 0.148. The zero-order valence-electron chi connectivity index (χ0n) is 14.2. The number of ether oxygens (including phenoxy) is 1. The summed E-state index contributed by atoms with van der Waals surface area (Å²) in [5, 5.41) is 10.3. The van der Waals surface area contributed by atoms with E-state index < -0.39 is 18.5 Å². The predicted octanol–water partition coefficient (Wildman–Crippen LogP) is 1.01. The number of anilines is 1. The zero-order valence-corrected chi connectivity index (χ0v) is 15.0. The molecule has 0 aliphatic heterocycles. The summed E-state index contributed by atoms with van der Waals surface area (Å²) in [6.07, 6.45) is 1.01. The number of carbonyl (C=O) groups is 3. The van der Waals surface area contributed by atoms with Crippen LogP contribution in [0.5, 0.6) is 0 Å². The summed E-state index contributed by atoms with van der Waals surface area (Å²) < 4.78 is 4.87. The Balaban J connectivity index is 2.31. The molecule has 0 aliphatic carbocycles. The highest BCUT2D eigenvalue weighted by Gasteiger charge is 2.14. The molecule has 0 aromatic carbocycles. The third kappa shape index (κ3) is 7.91. The topological polar surface area (TPSA) is 109 Å². The van der Waals surface area contributed by atoms with Gasteiger partial charge in [0.2, 0.25) is 5.91 Å². The Labute approximate surface area is 145 Å². The van der Waals surface area contributed by atoms with Crippen molar-refractivity contribution in [3.05, 3.63) is 11.1 Å². The summed E-state index contributed by atoms with van der Waals surface area (Å²) in [5.74, 6) is -0.926. The lowest BCUT2D eigenvalue weighted by Crippen LogP contribution is -2.38. The number of amides is 2. The van der Waals surface area contributed by atoms with E-state index in [1.807, 2.05) is 0 Å². The van der Waals surface area contributed by atoms with Crippen LogP contribution in [-0.4, -0.2) is 49.0 Å². The summed E-state index contributed by atoms with van der Waals surface area (Å²) in [6.45, 7) is 6.70. The van der Waals surface area contributed by atoms with E-state index in [2.05, 4.69) is 34.8 Å². The maximum absolute atomic E-state index is 11.8. The molecule has 0 saturated heterocycles. The van der Waals surface area contributed by atoms with Gasteiger partial charge in [0.25, 0.3) is 5.91 Å². The van der Waals surface area contributed by atoms with Gasteiger partial charge in [0.1, 0.15) is 0 Å². The number of thiazole rings is 1. The molecule has 134 valence electrons. The third-order valence-corrected chi connectivity index (χ3v) is 3.67. The Morgan fingerprint density at radius 2 is 2.00 bits per heavy atom. The molecule has 1 aromatic rings. The van der Waals surface area contributed by atoms with Gasteiger partial charge in [0.05, 0.1) is 6.54 Å². The molecule has 0 radical (unpaired) electrons. The second-order valence-corrected chi connectivity index (χ2v) is 6.31. The molecule has 0 atom stereocenters. The van der Waals surface area contributed by atoms with Crippen LogP contribution >= 0.6 is 11.3 Å². The molecular weight excluding hydrogens is 332 g/mol. The van der Waals surface area contributed by atoms with Crippen LogP contribution < -0.4 is 16.0 Å². The van der Waals surface area contributed by atoms with Gasteiger partial charge >= 0.3 is 5.97 Å². The number of hydrogen-bond donors (Lipinski definition) is 3. The van der Waals surface area contributed by atoms with Gasteiger partial charge in [-0.05, 0) is 19.3 Å². The van der Waals surface area contributed by atoms with Crippen molar-refractivity contribution in [1.82, 2.24) is 15.6 Å². The number of nitrogens with one attached hydrogen (secondary N) is 3. The molecule has 0 bridgehead atoms. The molecule has 9 heteroatoms. The van der Waals surface area contributed by atoms with Crippen molar-refractivity contribution in [3.63, 3.8) is 0 Å². The van der Waals surface area contributed by atoms with Gasteiger partial charge in [-0.3, -0.25) is 9.59 Å². The first-order valence-corrected chi connectivity index (χ1v) is 8.70. The van der Waals surface area contributed by atoms with E-state index in [4.69, 9.17) is 4.74 Å². The fourth-order valence-corrected chi connectivity index (χ4v) is 2.32. The molecule has 24 heavy (non-hydrogen) atoms. The minimum Gasteiger partial charge on any atom is -0.451 e. The summed E-state index contributed by atoms with van der Waals surface area (Å²) in [4.78, 5) is 38.6. The van der Waals surface area contributed by atoms with E-state index in [0.29, 0.717) is 17.6 Å². The lowest BCUT2D eigenvalue weighted by atomic mass is 10.1. The minimum atomic E-state index is -0.670. The monoisotopic (exact) mass is 356 g/mol. The largest absolute Gasteiger partial charge is 0.451 e. The van der Waals surface area contributed by atoms with Gasteiger partial charge < -0.3 is 20.7 Å². The number of likely N-dealkylation sites (N-methyl/N-ethyl adjacent to an activating group) is 1. The Hall–Kier alpha value is -2.16. The number of aromatic nitrogens is 1. The van der Waals surface area contributed by atoms with Crippen LogP contribution in [0, 0.1) is 5.92 Å². The van der Waals surface area contributed by atoms with E-state index in [0.717, 1.165) is 13.0 Å². The molecule has 0 fully saturated rings. The van der Waals surface area contributed by atoms with E-state index in [-0.39, 0.29) is 18.1 Å². The van der Waals surface area contributed by atoms with Crippen molar-refractivity contribution in [2.24, 2.45) is 5.92 Å². The number of esters is 1. The van der Waals surface area contributed by atoms with Crippen LogP contribution in [0.1, 0.15) is 37.7 Å². The van der Waals surface area contributed by atoms with E-state index in [1.54, 1.807) is 12.3 Å². The van der Waals surface area contributed by atoms with Gasteiger partial charge in [-0.25, -0.2) is 9.78 Å². The van der Waals surface area contributed by atoms with Crippen LogP contribution in [0.3, 0.4) is 0 Å². The van der Waals surface area contributed by atoms with E-state index >= 15 is 0 Å². The molecule has 0 aliphatic rings. The highest BCUT2D eigenvalue weighted by Crippen LogP contribution is 2.16. The summed E-state index contributed by atoms with van der Waals surface area (Å²) in [6, 6.07) is 0. The first-order chi connectivity index (χ1) is 11.4.